The quantitative estimate of drug-likeness (QED) is 0.759. The highest BCUT2D eigenvalue weighted by Crippen LogP contribution is 2.11. The molecule has 96 valence electrons. The third-order valence-corrected chi connectivity index (χ3v) is 2.92. The molecule has 1 aliphatic heterocycles. The third kappa shape index (κ3) is 2.48. The van der Waals surface area contributed by atoms with Crippen molar-refractivity contribution in [2.45, 2.75) is 6.04 Å². The van der Waals surface area contributed by atoms with Gasteiger partial charge < -0.3 is 16.0 Å². The topological polar surface area (TPSA) is 75.4 Å². The summed E-state index contributed by atoms with van der Waals surface area (Å²) < 4.78 is 12.8. The number of halogens is 1. The Balaban J connectivity index is 2.20. The minimum Gasteiger partial charge on any atom is -0.368 e. The molecule has 5 nitrogen and oxygen atoms in total. The first-order valence-electron chi connectivity index (χ1n) is 5.66. The van der Waals surface area contributed by atoms with Crippen molar-refractivity contribution in [1.29, 1.82) is 0 Å². The zero-order chi connectivity index (χ0) is 13.1. The van der Waals surface area contributed by atoms with Gasteiger partial charge >= 0.3 is 0 Å². The number of nitrogens with one attached hydrogen (secondary N) is 1. The maximum Gasteiger partial charge on any atom is 0.254 e. The number of nitrogens with two attached hydrogens (primary N) is 1. The zero-order valence-electron chi connectivity index (χ0n) is 9.73. The van der Waals surface area contributed by atoms with Crippen LogP contribution in [0.4, 0.5) is 4.39 Å². The summed E-state index contributed by atoms with van der Waals surface area (Å²) in [6, 6.07) is 4.58. The van der Waals surface area contributed by atoms with Gasteiger partial charge in [-0.2, -0.15) is 0 Å². The summed E-state index contributed by atoms with van der Waals surface area (Å²) in [6.45, 7) is 1.36. The lowest BCUT2D eigenvalue weighted by atomic mass is 10.1. The van der Waals surface area contributed by atoms with Gasteiger partial charge in [0, 0.05) is 25.2 Å². The van der Waals surface area contributed by atoms with Crippen molar-refractivity contribution in [3.63, 3.8) is 0 Å². The molecule has 1 saturated heterocycles. The number of carbonyl (C=O) groups is 2. The largest absolute Gasteiger partial charge is 0.368 e. The molecular weight excluding hydrogens is 237 g/mol. The van der Waals surface area contributed by atoms with E-state index in [1.165, 1.54) is 29.2 Å². The summed E-state index contributed by atoms with van der Waals surface area (Å²) in [5, 5.41) is 3.01. The standard InChI is InChI=1S/C12H14FN3O2/c13-9-3-1-8(2-4-9)12(18)16-6-5-15-7-10(16)11(14)17/h1-4,10,15H,5-7H2,(H2,14,17)/t10-/m1/s1. The first-order valence-corrected chi connectivity index (χ1v) is 5.66. The second kappa shape index (κ2) is 5.14. The number of carbonyl (C=O) groups excluding carboxylic acids is 2. The first-order chi connectivity index (χ1) is 8.59. The van der Waals surface area contributed by atoms with E-state index in [2.05, 4.69) is 5.32 Å². The number of rotatable bonds is 2. The van der Waals surface area contributed by atoms with E-state index in [0.29, 0.717) is 25.2 Å². The fraction of sp³-hybridized carbons (Fsp3) is 0.333. The second-order valence-electron chi connectivity index (χ2n) is 4.13. The molecule has 6 heteroatoms. The third-order valence-electron chi connectivity index (χ3n) is 2.92. The summed E-state index contributed by atoms with van der Waals surface area (Å²) in [5.41, 5.74) is 5.62. The molecule has 1 atom stereocenters. The van der Waals surface area contributed by atoms with Crippen molar-refractivity contribution >= 4 is 11.8 Å². The van der Waals surface area contributed by atoms with Crippen LogP contribution in [-0.4, -0.2) is 42.4 Å². The van der Waals surface area contributed by atoms with E-state index in [9.17, 15) is 14.0 Å². The molecule has 0 bridgehead atoms. The highest BCUT2D eigenvalue weighted by Gasteiger charge is 2.30. The lowest BCUT2D eigenvalue weighted by molar-refractivity contribution is -0.122. The van der Waals surface area contributed by atoms with Crippen molar-refractivity contribution in [2.75, 3.05) is 19.6 Å². The summed E-state index contributed by atoms with van der Waals surface area (Å²) >= 11 is 0. The molecule has 0 unspecified atom stereocenters. The Bertz CT molecular complexity index is 461. The molecule has 18 heavy (non-hydrogen) atoms. The molecule has 0 aromatic heterocycles. The summed E-state index contributed by atoms with van der Waals surface area (Å²) in [4.78, 5) is 24.9. The van der Waals surface area contributed by atoms with Crippen LogP contribution in [0.25, 0.3) is 0 Å². The SMILES string of the molecule is NC(=O)[C@H]1CNCCN1C(=O)c1ccc(F)cc1. The zero-order valence-corrected chi connectivity index (χ0v) is 9.73. The van der Waals surface area contributed by atoms with Gasteiger partial charge in [-0.15, -0.1) is 0 Å². The van der Waals surface area contributed by atoms with Crippen molar-refractivity contribution in [3.05, 3.63) is 35.6 Å². The molecule has 0 spiro atoms. The normalized spacial score (nSPS) is 19.6. The maximum absolute atomic E-state index is 12.8. The molecule has 0 saturated carbocycles. The molecule has 1 fully saturated rings. The van der Waals surface area contributed by atoms with Crippen LogP contribution in [0, 0.1) is 5.82 Å². The predicted octanol–water partition coefficient (Wildman–Crippen LogP) is -0.275. The lowest BCUT2D eigenvalue weighted by Crippen LogP contribution is -2.58. The first kappa shape index (κ1) is 12.5. The van der Waals surface area contributed by atoms with Gasteiger partial charge in [0.05, 0.1) is 0 Å². The Kier molecular flexibility index (Phi) is 3.57. The molecule has 2 rings (SSSR count). The number of primary amides is 1. The van der Waals surface area contributed by atoms with Crippen molar-refractivity contribution in [2.24, 2.45) is 5.73 Å². The Morgan fingerprint density at radius 3 is 2.61 bits per heavy atom. The van der Waals surface area contributed by atoms with Crippen LogP contribution < -0.4 is 11.1 Å². The van der Waals surface area contributed by atoms with Crippen LogP contribution in [0.2, 0.25) is 0 Å². The Hall–Kier alpha value is -1.95. The van der Waals surface area contributed by atoms with Crippen LogP contribution in [-0.2, 0) is 4.79 Å². The molecule has 1 aromatic rings. The average molecular weight is 251 g/mol. The Morgan fingerprint density at radius 1 is 1.33 bits per heavy atom. The van der Waals surface area contributed by atoms with Crippen LogP contribution in [0.1, 0.15) is 10.4 Å². The number of piperazine rings is 1. The summed E-state index contributed by atoms with van der Waals surface area (Å²) in [5.74, 6) is -1.25. The summed E-state index contributed by atoms with van der Waals surface area (Å²) in [6.07, 6.45) is 0. The molecular formula is C12H14FN3O2. The molecule has 1 aromatic carbocycles. The van der Waals surface area contributed by atoms with Crippen molar-refractivity contribution in [1.82, 2.24) is 10.2 Å². The molecule has 3 N–H and O–H groups in total. The smallest absolute Gasteiger partial charge is 0.254 e. The number of nitrogens with zero attached hydrogens (tertiary/aromatic N) is 1. The fourth-order valence-electron chi connectivity index (χ4n) is 1.96. The van der Waals surface area contributed by atoms with Gasteiger partial charge in [-0.05, 0) is 24.3 Å². The van der Waals surface area contributed by atoms with Gasteiger partial charge in [0.2, 0.25) is 5.91 Å². The van der Waals surface area contributed by atoms with Gasteiger partial charge in [0.1, 0.15) is 11.9 Å². The second-order valence-corrected chi connectivity index (χ2v) is 4.13. The Labute approximate surface area is 104 Å². The van der Waals surface area contributed by atoms with E-state index in [-0.39, 0.29) is 5.91 Å². The predicted molar refractivity (Wildman–Crippen MR) is 63.3 cm³/mol. The van der Waals surface area contributed by atoms with E-state index in [1.54, 1.807) is 0 Å². The average Bonchev–Trinajstić information content (AvgIpc) is 2.39. The highest BCUT2D eigenvalue weighted by atomic mass is 19.1. The highest BCUT2D eigenvalue weighted by molar-refractivity contribution is 5.97. The Morgan fingerprint density at radius 2 is 2.00 bits per heavy atom. The van der Waals surface area contributed by atoms with Crippen LogP contribution in [0.15, 0.2) is 24.3 Å². The maximum atomic E-state index is 12.8. The van der Waals surface area contributed by atoms with E-state index in [0.717, 1.165) is 0 Å². The number of hydrogen-bond donors (Lipinski definition) is 2. The number of amides is 2. The molecule has 0 radical (unpaired) electrons. The number of benzene rings is 1. The molecule has 1 heterocycles. The van der Waals surface area contributed by atoms with Gasteiger partial charge in [-0.1, -0.05) is 0 Å². The van der Waals surface area contributed by atoms with E-state index < -0.39 is 17.8 Å². The molecule has 0 aliphatic carbocycles. The monoisotopic (exact) mass is 251 g/mol. The van der Waals surface area contributed by atoms with Crippen molar-refractivity contribution in [3.8, 4) is 0 Å². The van der Waals surface area contributed by atoms with Crippen LogP contribution >= 0.6 is 0 Å². The van der Waals surface area contributed by atoms with Gasteiger partial charge in [-0.25, -0.2) is 4.39 Å². The van der Waals surface area contributed by atoms with E-state index in [1.807, 2.05) is 0 Å². The fourth-order valence-corrected chi connectivity index (χ4v) is 1.96. The van der Waals surface area contributed by atoms with Gasteiger partial charge in [0.15, 0.2) is 0 Å². The van der Waals surface area contributed by atoms with E-state index in [4.69, 9.17) is 5.73 Å². The van der Waals surface area contributed by atoms with Crippen LogP contribution in [0.3, 0.4) is 0 Å². The lowest BCUT2D eigenvalue weighted by Gasteiger charge is -2.34. The van der Waals surface area contributed by atoms with Gasteiger partial charge in [-0.3, -0.25) is 9.59 Å². The minimum absolute atomic E-state index is 0.305. The van der Waals surface area contributed by atoms with Crippen molar-refractivity contribution < 1.29 is 14.0 Å². The number of hydrogen-bond acceptors (Lipinski definition) is 3. The molecule has 1 aliphatic rings. The van der Waals surface area contributed by atoms with E-state index >= 15 is 0 Å². The summed E-state index contributed by atoms with van der Waals surface area (Å²) in [7, 11) is 0. The van der Waals surface area contributed by atoms with Gasteiger partial charge in [0.25, 0.3) is 5.91 Å². The molecule has 2 amide bonds. The van der Waals surface area contributed by atoms with Crippen LogP contribution in [0.5, 0.6) is 0 Å². The minimum atomic E-state index is -0.656.